The minimum Gasteiger partial charge on any atom is -0.384 e. The van der Waals surface area contributed by atoms with Crippen LogP contribution in [0.5, 0.6) is 0 Å². The second-order valence-electron chi connectivity index (χ2n) is 4.00. The largest absolute Gasteiger partial charge is 0.384 e. The van der Waals surface area contributed by atoms with Gasteiger partial charge in [0.1, 0.15) is 6.07 Å². The van der Waals surface area contributed by atoms with Crippen LogP contribution in [0.4, 0.5) is 5.69 Å². The van der Waals surface area contributed by atoms with Crippen molar-refractivity contribution in [2.24, 2.45) is 5.92 Å². The van der Waals surface area contributed by atoms with E-state index in [-0.39, 0.29) is 0 Å². The van der Waals surface area contributed by atoms with E-state index >= 15 is 0 Å². The van der Waals surface area contributed by atoms with Crippen LogP contribution in [-0.4, -0.2) is 12.3 Å². The Kier molecular flexibility index (Phi) is 5.21. The highest BCUT2D eigenvalue weighted by molar-refractivity contribution is 7.99. The number of thioether (sulfide) groups is 1. The number of nitrogens with zero attached hydrogens (tertiary/aromatic N) is 1. The topological polar surface area (TPSA) is 35.8 Å². The molecule has 0 bridgehead atoms. The van der Waals surface area contributed by atoms with Crippen molar-refractivity contribution in [3.63, 3.8) is 0 Å². The summed E-state index contributed by atoms with van der Waals surface area (Å²) in [4.78, 5) is 1.07. The lowest BCUT2D eigenvalue weighted by molar-refractivity contribution is 0.688. The number of rotatable bonds is 5. The van der Waals surface area contributed by atoms with Crippen LogP contribution < -0.4 is 5.32 Å². The fourth-order valence-corrected chi connectivity index (χ4v) is 2.17. The van der Waals surface area contributed by atoms with Crippen LogP contribution in [0.2, 0.25) is 0 Å². The quantitative estimate of drug-likeness (QED) is 0.788. The van der Waals surface area contributed by atoms with E-state index in [0.29, 0.717) is 5.92 Å². The zero-order chi connectivity index (χ0) is 12.0. The summed E-state index contributed by atoms with van der Waals surface area (Å²) in [5, 5.41) is 12.5. The number of nitrogens with one attached hydrogen (secondary N) is 1. The van der Waals surface area contributed by atoms with Gasteiger partial charge in [0.05, 0.1) is 11.3 Å². The summed E-state index contributed by atoms with van der Waals surface area (Å²) in [6.07, 6.45) is 0. The second kappa shape index (κ2) is 6.44. The second-order valence-corrected chi connectivity index (χ2v) is 5.30. The van der Waals surface area contributed by atoms with Crippen molar-refractivity contribution in [2.45, 2.75) is 25.7 Å². The van der Waals surface area contributed by atoms with Crippen LogP contribution in [-0.2, 0) is 0 Å². The van der Waals surface area contributed by atoms with Gasteiger partial charge < -0.3 is 5.32 Å². The zero-order valence-corrected chi connectivity index (χ0v) is 10.9. The number of nitriles is 1. The first-order valence-corrected chi connectivity index (χ1v) is 6.57. The highest BCUT2D eigenvalue weighted by Gasteiger charge is 2.07. The number of anilines is 1. The molecule has 0 spiro atoms. The van der Waals surface area contributed by atoms with Crippen molar-refractivity contribution in [2.75, 3.05) is 17.6 Å². The molecule has 16 heavy (non-hydrogen) atoms. The van der Waals surface area contributed by atoms with Crippen LogP contribution in [0.25, 0.3) is 0 Å². The van der Waals surface area contributed by atoms with E-state index in [9.17, 15) is 5.26 Å². The van der Waals surface area contributed by atoms with E-state index in [1.54, 1.807) is 11.8 Å². The monoisotopic (exact) mass is 234 g/mol. The Bertz CT molecular complexity index is 380. The van der Waals surface area contributed by atoms with Gasteiger partial charge in [0.2, 0.25) is 0 Å². The molecule has 1 N–H and O–H groups in total. The van der Waals surface area contributed by atoms with E-state index in [1.807, 2.05) is 18.2 Å². The Hall–Kier alpha value is -1.14. The Morgan fingerprint density at radius 1 is 1.44 bits per heavy atom. The van der Waals surface area contributed by atoms with E-state index in [2.05, 4.69) is 32.2 Å². The molecular formula is C13H18N2S. The summed E-state index contributed by atoms with van der Waals surface area (Å²) < 4.78 is 0. The van der Waals surface area contributed by atoms with Gasteiger partial charge in [-0.05, 0) is 23.8 Å². The molecule has 0 heterocycles. The smallest absolute Gasteiger partial charge is 0.102 e. The van der Waals surface area contributed by atoms with Crippen LogP contribution in [0.15, 0.2) is 23.1 Å². The Morgan fingerprint density at radius 2 is 2.19 bits per heavy atom. The Morgan fingerprint density at radius 3 is 2.75 bits per heavy atom. The first kappa shape index (κ1) is 12.9. The molecular weight excluding hydrogens is 216 g/mol. The molecule has 0 fully saturated rings. The lowest BCUT2D eigenvalue weighted by Gasteiger charge is -2.12. The third-order valence-corrected chi connectivity index (χ3v) is 3.08. The first-order chi connectivity index (χ1) is 7.69. The van der Waals surface area contributed by atoms with Crippen molar-refractivity contribution < 1.29 is 0 Å². The molecule has 0 atom stereocenters. The number of hydrogen-bond donors (Lipinski definition) is 1. The maximum absolute atomic E-state index is 9.19. The maximum Gasteiger partial charge on any atom is 0.102 e. The number of benzene rings is 1. The Labute approximate surface area is 102 Å². The highest BCUT2D eigenvalue weighted by atomic mass is 32.2. The predicted octanol–water partition coefficient (Wildman–Crippen LogP) is 3.74. The summed E-state index contributed by atoms with van der Waals surface area (Å²) >= 11 is 1.71. The van der Waals surface area contributed by atoms with Gasteiger partial charge in [0.25, 0.3) is 0 Å². The molecule has 3 heteroatoms. The molecule has 0 unspecified atom stereocenters. The summed E-state index contributed by atoms with van der Waals surface area (Å²) in [7, 11) is 0. The summed E-state index contributed by atoms with van der Waals surface area (Å²) in [6, 6.07) is 8.27. The van der Waals surface area contributed by atoms with Gasteiger partial charge in [0.15, 0.2) is 0 Å². The molecule has 0 amide bonds. The van der Waals surface area contributed by atoms with E-state index < -0.39 is 0 Å². The molecule has 0 saturated heterocycles. The van der Waals surface area contributed by atoms with Crippen molar-refractivity contribution in [1.29, 1.82) is 5.26 Å². The third kappa shape index (κ3) is 3.46. The first-order valence-electron chi connectivity index (χ1n) is 5.58. The van der Waals surface area contributed by atoms with Crippen LogP contribution in [0.1, 0.15) is 26.3 Å². The van der Waals surface area contributed by atoms with E-state index in [1.165, 1.54) is 0 Å². The van der Waals surface area contributed by atoms with Crippen LogP contribution in [0, 0.1) is 17.2 Å². The minimum atomic E-state index is 0.578. The molecule has 1 aromatic carbocycles. The van der Waals surface area contributed by atoms with Gasteiger partial charge in [-0.3, -0.25) is 0 Å². The molecule has 0 aliphatic carbocycles. The third-order valence-electron chi connectivity index (χ3n) is 2.14. The van der Waals surface area contributed by atoms with Gasteiger partial charge in [-0.25, -0.2) is 0 Å². The fourth-order valence-electron chi connectivity index (χ4n) is 1.38. The minimum absolute atomic E-state index is 0.578. The van der Waals surface area contributed by atoms with E-state index in [0.717, 1.165) is 28.4 Å². The van der Waals surface area contributed by atoms with Crippen molar-refractivity contribution in [1.82, 2.24) is 0 Å². The normalized spacial score (nSPS) is 10.2. The molecule has 0 aliphatic heterocycles. The maximum atomic E-state index is 9.19. The SMILES string of the molecule is CCSc1cccc(NCC(C)C)c1C#N. The fraction of sp³-hybridized carbons (Fsp3) is 0.462. The molecule has 86 valence electrons. The average molecular weight is 234 g/mol. The van der Waals surface area contributed by atoms with Gasteiger partial charge in [-0.15, -0.1) is 11.8 Å². The highest BCUT2D eigenvalue weighted by Crippen LogP contribution is 2.27. The molecule has 0 radical (unpaired) electrons. The molecule has 0 aromatic heterocycles. The van der Waals surface area contributed by atoms with Gasteiger partial charge in [-0.2, -0.15) is 5.26 Å². The zero-order valence-electron chi connectivity index (χ0n) is 10.1. The average Bonchev–Trinajstić information content (AvgIpc) is 2.27. The standard InChI is InChI=1S/C13H18N2S/c1-4-16-13-7-5-6-12(11(13)8-14)15-9-10(2)3/h5-7,10,15H,4,9H2,1-3H3. The van der Waals surface area contributed by atoms with Gasteiger partial charge in [-0.1, -0.05) is 26.8 Å². The Balaban J connectivity index is 2.91. The summed E-state index contributed by atoms with van der Waals surface area (Å²) in [6.45, 7) is 7.31. The molecule has 0 aliphatic rings. The lowest BCUT2D eigenvalue weighted by Crippen LogP contribution is -2.09. The van der Waals surface area contributed by atoms with Crippen molar-refractivity contribution >= 4 is 17.4 Å². The van der Waals surface area contributed by atoms with Crippen LogP contribution >= 0.6 is 11.8 Å². The molecule has 1 aromatic rings. The lowest BCUT2D eigenvalue weighted by atomic mass is 10.1. The summed E-state index contributed by atoms with van der Waals surface area (Å²) in [5.74, 6) is 1.57. The van der Waals surface area contributed by atoms with Gasteiger partial charge in [0, 0.05) is 11.4 Å². The van der Waals surface area contributed by atoms with Gasteiger partial charge >= 0.3 is 0 Å². The molecule has 1 rings (SSSR count). The summed E-state index contributed by atoms with van der Waals surface area (Å²) in [5.41, 5.74) is 1.73. The molecule has 2 nitrogen and oxygen atoms in total. The van der Waals surface area contributed by atoms with Crippen molar-refractivity contribution in [3.8, 4) is 6.07 Å². The van der Waals surface area contributed by atoms with Crippen molar-refractivity contribution in [3.05, 3.63) is 23.8 Å². The van der Waals surface area contributed by atoms with E-state index in [4.69, 9.17) is 0 Å². The van der Waals surface area contributed by atoms with Crippen LogP contribution in [0.3, 0.4) is 0 Å². The predicted molar refractivity (Wildman–Crippen MR) is 70.9 cm³/mol. The molecule has 0 saturated carbocycles. The number of hydrogen-bond acceptors (Lipinski definition) is 3.